The lowest BCUT2D eigenvalue weighted by molar-refractivity contribution is -0.274. The summed E-state index contributed by atoms with van der Waals surface area (Å²) in [5, 5.41) is 0. The summed E-state index contributed by atoms with van der Waals surface area (Å²) in [7, 11) is 0. The lowest BCUT2D eigenvalue weighted by Crippen LogP contribution is -2.21. The van der Waals surface area contributed by atoms with E-state index in [2.05, 4.69) is 13.5 Å². The molecule has 1 atom stereocenters. The third kappa shape index (κ3) is 3.02. The summed E-state index contributed by atoms with van der Waals surface area (Å²) in [6, 6.07) is 8.83. The lowest BCUT2D eigenvalue weighted by atomic mass is 9.85. The first-order chi connectivity index (χ1) is 11.9. The molecule has 0 radical (unpaired) electrons. The van der Waals surface area contributed by atoms with Crippen LogP contribution in [-0.2, 0) is 4.79 Å². The molecule has 3 aromatic rings. The van der Waals surface area contributed by atoms with Gasteiger partial charge in [-0.3, -0.25) is 4.79 Å². The molecule has 0 saturated carbocycles. The number of esters is 1. The Balaban J connectivity index is 1.76. The normalized spacial score (nSPS) is 17.2. The molecule has 1 aromatic heterocycles. The Morgan fingerprint density at radius 3 is 2.60 bits per heavy atom. The second-order valence-corrected chi connectivity index (χ2v) is 5.99. The predicted octanol–water partition coefficient (Wildman–Crippen LogP) is 4.03. The Labute approximate surface area is 143 Å². The first-order valence-corrected chi connectivity index (χ1v) is 7.95. The van der Waals surface area contributed by atoms with E-state index in [4.69, 9.17) is 4.74 Å². The first-order valence-electron chi connectivity index (χ1n) is 7.22. The Morgan fingerprint density at radius 2 is 1.88 bits per heavy atom. The van der Waals surface area contributed by atoms with Gasteiger partial charge in [0.15, 0.2) is 0 Å². The molecule has 128 valence electrons. The van der Waals surface area contributed by atoms with E-state index < -0.39 is 12.3 Å². The van der Waals surface area contributed by atoms with Gasteiger partial charge in [-0.15, -0.1) is 13.2 Å². The minimum atomic E-state index is -4.75. The molecule has 1 aliphatic rings. The van der Waals surface area contributed by atoms with E-state index in [1.54, 1.807) is 12.1 Å². The van der Waals surface area contributed by atoms with Crippen molar-refractivity contribution in [2.24, 2.45) is 0 Å². The first kappa shape index (κ1) is 15.8. The van der Waals surface area contributed by atoms with Crippen LogP contribution in [0.3, 0.4) is 0 Å². The molecule has 1 aliphatic heterocycles. The van der Waals surface area contributed by atoms with E-state index in [-0.39, 0.29) is 18.1 Å². The number of halogens is 3. The number of alkyl halides is 3. The summed E-state index contributed by atoms with van der Waals surface area (Å²) in [6.45, 7) is 0. The van der Waals surface area contributed by atoms with E-state index in [9.17, 15) is 18.0 Å². The van der Waals surface area contributed by atoms with Gasteiger partial charge >= 0.3 is 12.3 Å². The molecule has 0 N–H and O–H groups in total. The Hall–Kier alpha value is -2.68. The van der Waals surface area contributed by atoms with Crippen molar-refractivity contribution in [1.82, 2.24) is 8.75 Å². The van der Waals surface area contributed by atoms with E-state index in [0.29, 0.717) is 22.3 Å². The van der Waals surface area contributed by atoms with Crippen LogP contribution in [0, 0.1) is 0 Å². The molecular weight excluding hydrogens is 357 g/mol. The summed E-state index contributed by atoms with van der Waals surface area (Å²) < 4.78 is 54.5. The topological polar surface area (TPSA) is 61.3 Å². The summed E-state index contributed by atoms with van der Waals surface area (Å²) in [5.41, 5.74) is 2.71. The maximum absolute atomic E-state index is 12.3. The minimum Gasteiger partial charge on any atom is -0.426 e. The molecule has 0 bridgehead atoms. The van der Waals surface area contributed by atoms with Crippen LogP contribution in [0.2, 0.25) is 0 Å². The van der Waals surface area contributed by atoms with E-state index in [0.717, 1.165) is 17.3 Å². The molecule has 25 heavy (non-hydrogen) atoms. The number of fused-ring (bicyclic) bond motifs is 3. The van der Waals surface area contributed by atoms with Gasteiger partial charge in [0.1, 0.15) is 22.5 Å². The van der Waals surface area contributed by atoms with Crippen LogP contribution in [0.15, 0.2) is 36.4 Å². The lowest BCUT2D eigenvalue weighted by Gasteiger charge is -2.25. The van der Waals surface area contributed by atoms with Gasteiger partial charge in [-0.25, -0.2) is 0 Å². The number of nitrogens with zero attached hydrogens (tertiary/aromatic N) is 2. The van der Waals surface area contributed by atoms with Crippen molar-refractivity contribution in [1.29, 1.82) is 0 Å². The number of hydrogen-bond donors (Lipinski definition) is 0. The van der Waals surface area contributed by atoms with E-state index >= 15 is 0 Å². The Bertz CT molecular complexity index is 953. The van der Waals surface area contributed by atoms with E-state index in [1.807, 2.05) is 0 Å². The van der Waals surface area contributed by atoms with Gasteiger partial charge in [0, 0.05) is 11.5 Å². The van der Waals surface area contributed by atoms with Crippen molar-refractivity contribution < 1.29 is 27.4 Å². The van der Waals surface area contributed by atoms with Crippen molar-refractivity contribution in [3.63, 3.8) is 0 Å². The fourth-order valence-corrected chi connectivity index (χ4v) is 3.45. The van der Waals surface area contributed by atoms with Crippen LogP contribution in [0.5, 0.6) is 11.5 Å². The van der Waals surface area contributed by atoms with Crippen LogP contribution < -0.4 is 9.47 Å². The van der Waals surface area contributed by atoms with Crippen LogP contribution in [0.25, 0.3) is 11.0 Å². The van der Waals surface area contributed by atoms with Gasteiger partial charge in [-0.05, 0) is 29.8 Å². The largest absolute Gasteiger partial charge is 0.573 e. The van der Waals surface area contributed by atoms with Gasteiger partial charge in [-0.1, -0.05) is 12.1 Å². The van der Waals surface area contributed by atoms with Crippen LogP contribution in [-0.4, -0.2) is 21.1 Å². The van der Waals surface area contributed by atoms with Gasteiger partial charge in [-0.2, -0.15) is 8.75 Å². The molecule has 4 rings (SSSR count). The average Bonchev–Trinajstić information content (AvgIpc) is 3.01. The fourth-order valence-electron chi connectivity index (χ4n) is 2.90. The smallest absolute Gasteiger partial charge is 0.426 e. The summed E-state index contributed by atoms with van der Waals surface area (Å²) >= 11 is 1.05. The zero-order valence-electron chi connectivity index (χ0n) is 12.4. The molecule has 0 spiro atoms. The van der Waals surface area contributed by atoms with Crippen molar-refractivity contribution in [3.8, 4) is 11.5 Å². The third-order valence-electron chi connectivity index (χ3n) is 3.89. The van der Waals surface area contributed by atoms with Gasteiger partial charge in [0.2, 0.25) is 0 Å². The van der Waals surface area contributed by atoms with Crippen LogP contribution in [0.4, 0.5) is 13.2 Å². The molecule has 0 aliphatic carbocycles. The van der Waals surface area contributed by atoms with E-state index in [1.165, 1.54) is 24.3 Å². The maximum Gasteiger partial charge on any atom is 0.573 e. The Morgan fingerprint density at radius 1 is 1.12 bits per heavy atom. The minimum absolute atomic E-state index is 0.0725. The van der Waals surface area contributed by atoms with Crippen molar-refractivity contribution in [2.45, 2.75) is 18.7 Å². The summed E-state index contributed by atoms with van der Waals surface area (Å²) in [4.78, 5) is 11.9. The Kier molecular flexibility index (Phi) is 3.60. The highest BCUT2D eigenvalue weighted by atomic mass is 32.1. The molecule has 0 saturated heterocycles. The number of aromatic nitrogens is 2. The zero-order valence-corrected chi connectivity index (χ0v) is 13.2. The summed E-state index contributed by atoms with van der Waals surface area (Å²) in [5.74, 6) is -0.695. The quantitative estimate of drug-likeness (QED) is 0.506. The number of carbonyl (C=O) groups excluding carboxylic acids is 1. The standard InChI is InChI=1S/C16H9F3N2O3S/c17-16(18,19)24-9-3-1-8(2-4-9)10-7-13(22)23-12-6-5-11-15(14(10)12)21-25-20-11/h1-6,10H,7H2/t10-/m1/s1. The molecular formula is C16H9F3N2O3S. The van der Waals surface area contributed by atoms with Crippen molar-refractivity contribution in [2.75, 3.05) is 0 Å². The monoisotopic (exact) mass is 366 g/mol. The fraction of sp³-hybridized carbons (Fsp3) is 0.188. The summed E-state index contributed by atoms with van der Waals surface area (Å²) in [6.07, 6.45) is -4.68. The molecule has 9 heteroatoms. The number of benzene rings is 2. The number of carbonyl (C=O) groups is 1. The zero-order chi connectivity index (χ0) is 17.6. The second-order valence-electron chi connectivity index (χ2n) is 5.46. The number of rotatable bonds is 2. The second kappa shape index (κ2) is 5.69. The number of hydrogen-bond acceptors (Lipinski definition) is 6. The highest BCUT2D eigenvalue weighted by Crippen LogP contribution is 2.42. The van der Waals surface area contributed by atoms with Crippen molar-refractivity contribution >= 4 is 28.7 Å². The van der Waals surface area contributed by atoms with Crippen molar-refractivity contribution in [3.05, 3.63) is 47.5 Å². The average molecular weight is 366 g/mol. The SMILES string of the molecule is O=C1C[C@H](c2ccc(OC(F)(F)F)cc2)c2c(ccc3nsnc23)O1. The van der Waals surface area contributed by atoms with Crippen LogP contribution >= 0.6 is 11.7 Å². The molecule has 0 unspecified atom stereocenters. The molecule has 0 fully saturated rings. The highest BCUT2D eigenvalue weighted by Gasteiger charge is 2.33. The third-order valence-corrected chi connectivity index (χ3v) is 4.43. The van der Waals surface area contributed by atoms with Crippen LogP contribution in [0.1, 0.15) is 23.5 Å². The molecule has 2 heterocycles. The maximum atomic E-state index is 12.3. The highest BCUT2D eigenvalue weighted by molar-refractivity contribution is 7.00. The predicted molar refractivity (Wildman–Crippen MR) is 82.6 cm³/mol. The number of ether oxygens (including phenoxy) is 2. The molecule has 2 aromatic carbocycles. The van der Waals surface area contributed by atoms with Gasteiger partial charge < -0.3 is 9.47 Å². The van der Waals surface area contributed by atoms with Gasteiger partial charge in [0.05, 0.1) is 18.1 Å². The molecule has 0 amide bonds. The van der Waals surface area contributed by atoms with Gasteiger partial charge in [0.25, 0.3) is 0 Å². The molecule has 5 nitrogen and oxygen atoms in total.